The van der Waals surface area contributed by atoms with E-state index in [2.05, 4.69) is 10.2 Å². The highest BCUT2D eigenvalue weighted by Crippen LogP contribution is 2.40. The smallest absolute Gasteiger partial charge is 0.229 e. The molecule has 2 aliphatic heterocycles. The summed E-state index contributed by atoms with van der Waals surface area (Å²) in [7, 11) is 1.92. The maximum Gasteiger partial charge on any atom is 0.229 e. The Morgan fingerprint density at radius 3 is 2.65 bits per heavy atom. The van der Waals surface area contributed by atoms with E-state index in [1.807, 2.05) is 36.2 Å². The van der Waals surface area contributed by atoms with E-state index in [1.165, 1.54) is 12.5 Å². The van der Waals surface area contributed by atoms with Crippen molar-refractivity contribution < 1.29 is 9.59 Å². The van der Waals surface area contributed by atoms with Crippen molar-refractivity contribution >= 4 is 17.5 Å². The van der Waals surface area contributed by atoms with Gasteiger partial charge in [0.15, 0.2) is 0 Å². The van der Waals surface area contributed by atoms with Crippen molar-refractivity contribution in [2.45, 2.75) is 32.7 Å². The number of nitrogens with one attached hydrogen (secondary N) is 1. The average Bonchev–Trinajstić information content (AvgIpc) is 2.90. The monoisotopic (exact) mass is 315 g/mol. The van der Waals surface area contributed by atoms with Crippen LogP contribution in [0.5, 0.6) is 0 Å². The number of carbonyl (C=O) groups is 2. The number of hydrogen-bond donors (Lipinski definition) is 1. The predicted molar refractivity (Wildman–Crippen MR) is 89.9 cm³/mol. The summed E-state index contributed by atoms with van der Waals surface area (Å²) in [4.78, 5) is 27.9. The van der Waals surface area contributed by atoms with Gasteiger partial charge >= 0.3 is 0 Å². The van der Waals surface area contributed by atoms with Gasteiger partial charge in [0.1, 0.15) is 0 Å². The van der Waals surface area contributed by atoms with E-state index in [-0.39, 0.29) is 11.3 Å². The van der Waals surface area contributed by atoms with Crippen LogP contribution in [0.4, 0.5) is 5.69 Å². The fourth-order valence-corrected chi connectivity index (χ4v) is 3.89. The molecule has 0 unspecified atom stereocenters. The second kappa shape index (κ2) is 6.32. The van der Waals surface area contributed by atoms with Crippen molar-refractivity contribution in [3.05, 3.63) is 29.8 Å². The SMILES string of the molecule is CC(=O)Nc1ccc(CN2CC[C@@]3(CCCN(C)C3=O)C2)cc1. The molecule has 0 aliphatic carbocycles. The minimum Gasteiger partial charge on any atom is -0.345 e. The Bertz CT molecular complexity index is 599. The molecule has 2 amide bonds. The van der Waals surface area contributed by atoms with Crippen LogP contribution in [0.25, 0.3) is 0 Å². The topological polar surface area (TPSA) is 52.7 Å². The lowest BCUT2D eigenvalue weighted by Crippen LogP contribution is -2.48. The molecule has 1 N–H and O–H groups in total. The Labute approximate surface area is 137 Å². The van der Waals surface area contributed by atoms with Gasteiger partial charge in [-0.2, -0.15) is 0 Å². The molecule has 1 atom stereocenters. The highest BCUT2D eigenvalue weighted by atomic mass is 16.2. The van der Waals surface area contributed by atoms with Crippen molar-refractivity contribution in [3.63, 3.8) is 0 Å². The van der Waals surface area contributed by atoms with E-state index in [0.29, 0.717) is 5.91 Å². The molecule has 3 rings (SSSR count). The summed E-state index contributed by atoms with van der Waals surface area (Å²) >= 11 is 0. The van der Waals surface area contributed by atoms with Crippen LogP contribution in [0.1, 0.15) is 31.7 Å². The summed E-state index contributed by atoms with van der Waals surface area (Å²) in [6.07, 6.45) is 3.11. The normalized spacial score (nSPS) is 25.1. The molecule has 124 valence electrons. The van der Waals surface area contributed by atoms with Crippen LogP contribution in [0.15, 0.2) is 24.3 Å². The van der Waals surface area contributed by atoms with Crippen LogP contribution >= 0.6 is 0 Å². The molecule has 0 radical (unpaired) electrons. The molecule has 0 aromatic heterocycles. The zero-order valence-corrected chi connectivity index (χ0v) is 14.0. The first kappa shape index (κ1) is 16.0. The molecule has 2 saturated heterocycles. The first-order valence-electron chi connectivity index (χ1n) is 8.33. The van der Waals surface area contributed by atoms with Crippen molar-refractivity contribution in [1.29, 1.82) is 0 Å². The van der Waals surface area contributed by atoms with Gasteiger partial charge < -0.3 is 10.2 Å². The van der Waals surface area contributed by atoms with E-state index in [1.54, 1.807) is 0 Å². The van der Waals surface area contributed by atoms with Crippen LogP contribution in [0, 0.1) is 5.41 Å². The Balaban J connectivity index is 1.61. The average molecular weight is 315 g/mol. The molecule has 5 nitrogen and oxygen atoms in total. The largest absolute Gasteiger partial charge is 0.345 e. The highest BCUT2D eigenvalue weighted by Gasteiger charge is 2.47. The molecule has 2 aliphatic rings. The minimum absolute atomic E-state index is 0.0563. The number of rotatable bonds is 3. The summed E-state index contributed by atoms with van der Waals surface area (Å²) in [6.45, 7) is 5.11. The van der Waals surface area contributed by atoms with Crippen LogP contribution in [-0.2, 0) is 16.1 Å². The highest BCUT2D eigenvalue weighted by molar-refractivity contribution is 5.88. The van der Waals surface area contributed by atoms with Gasteiger partial charge in [-0.3, -0.25) is 14.5 Å². The van der Waals surface area contributed by atoms with E-state index in [9.17, 15) is 9.59 Å². The summed E-state index contributed by atoms with van der Waals surface area (Å²) < 4.78 is 0. The lowest BCUT2D eigenvalue weighted by molar-refractivity contribution is -0.144. The van der Waals surface area contributed by atoms with Crippen molar-refractivity contribution in [2.75, 3.05) is 32.0 Å². The van der Waals surface area contributed by atoms with Crippen molar-refractivity contribution in [3.8, 4) is 0 Å². The third-order valence-corrected chi connectivity index (χ3v) is 5.06. The molecule has 0 bridgehead atoms. The number of nitrogens with zero attached hydrogens (tertiary/aromatic N) is 2. The minimum atomic E-state index is -0.150. The maximum atomic E-state index is 12.6. The zero-order valence-electron chi connectivity index (χ0n) is 14.0. The Morgan fingerprint density at radius 1 is 1.22 bits per heavy atom. The number of likely N-dealkylation sites (tertiary alicyclic amines) is 2. The fraction of sp³-hybridized carbons (Fsp3) is 0.556. The van der Waals surface area contributed by atoms with Crippen LogP contribution in [0.2, 0.25) is 0 Å². The first-order chi connectivity index (χ1) is 11.0. The van der Waals surface area contributed by atoms with Gasteiger partial charge in [0.2, 0.25) is 11.8 Å². The summed E-state index contributed by atoms with van der Waals surface area (Å²) in [5.41, 5.74) is 1.89. The third kappa shape index (κ3) is 3.39. The number of piperidine rings is 1. The summed E-state index contributed by atoms with van der Waals surface area (Å²) in [5.74, 6) is 0.270. The van der Waals surface area contributed by atoms with E-state index in [0.717, 1.165) is 51.1 Å². The maximum absolute atomic E-state index is 12.6. The molecule has 1 aromatic rings. The molecule has 2 fully saturated rings. The molecule has 1 aromatic carbocycles. The zero-order chi connectivity index (χ0) is 16.4. The number of carbonyl (C=O) groups excluding carboxylic acids is 2. The Morgan fingerprint density at radius 2 is 1.96 bits per heavy atom. The van der Waals surface area contributed by atoms with E-state index >= 15 is 0 Å². The van der Waals surface area contributed by atoms with Crippen molar-refractivity contribution in [1.82, 2.24) is 9.80 Å². The molecule has 1 spiro atoms. The first-order valence-corrected chi connectivity index (χ1v) is 8.33. The van der Waals surface area contributed by atoms with Gasteiger partial charge in [-0.05, 0) is 43.5 Å². The quantitative estimate of drug-likeness (QED) is 0.929. The molecular formula is C18H25N3O2. The summed E-state index contributed by atoms with van der Waals surface area (Å²) in [6, 6.07) is 7.96. The van der Waals surface area contributed by atoms with Crippen LogP contribution in [0.3, 0.4) is 0 Å². The van der Waals surface area contributed by atoms with Gasteiger partial charge in [-0.1, -0.05) is 12.1 Å². The fourth-order valence-electron chi connectivity index (χ4n) is 3.89. The van der Waals surface area contributed by atoms with Gasteiger partial charge in [0, 0.05) is 39.3 Å². The van der Waals surface area contributed by atoms with Crippen LogP contribution in [-0.4, -0.2) is 48.3 Å². The van der Waals surface area contributed by atoms with E-state index in [4.69, 9.17) is 0 Å². The second-order valence-electron chi connectivity index (χ2n) is 6.95. The predicted octanol–water partition coefficient (Wildman–Crippen LogP) is 2.09. The van der Waals surface area contributed by atoms with Gasteiger partial charge in [0.25, 0.3) is 0 Å². The molecule has 23 heavy (non-hydrogen) atoms. The van der Waals surface area contributed by atoms with Gasteiger partial charge in [-0.25, -0.2) is 0 Å². The van der Waals surface area contributed by atoms with Crippen molar-refractivity contribution in [2.24, 2.45) is 5.41 Å². The Hall–Kier alpha value is -1.88. The molecular weight excluding hydrogens is 290 g/mol. The number of hydrogen-bond acceptors (Lipinski definition) is 3. The standard InChI is InChI=1S/C18H25N3O2/c1-14(22)19-16-6-4-15(5-7-16)12-21-11-9-18(13-21)8-3-10-20(2)17(18)23/h4-7H,3,8-13H2,1-2H3,(H,19,22)/t18-/m0/s1. The number of amides is 2. The molecule has 5 heteroatoms. The van der Waals surface area contributed by atoms with Gasteiger partial charge in [0.05, 0.1) is 5.41 Å². The molecule has 2 heterocycles. The Kier molecular flexibility index (Phi) is 4.39. The number of benzene rings is 1. The van der Waals surface area contributed by atoms with Gasteiger partial charge in [-0.15, -0.1) is 0 Å². The lowest BCUT2D eigenvalue weighted by Gasteiger charge is -2.37. The summed E-state index contributed by atoms with van der Waals surface area (Å²) in [5, 5.41) is 2.78. The second-order valence-corrected chi connectivity index (χ2v) is 6.95. The van der Waals surface area contributed by atoms with Crippen LogP contribution < -0.4 is 5.32 Å². The molecule has 0 saturated carbocycles. The lowest BCUT2D eigenvalue weighted by atomic mass is 9.78. The van der Waals surface area contributed by atoms with E-state index < -0.39 is 0 Å². The number of anilines is 1. The third-order valence-electron chi connectivity index (χ3n) is 5.06.